The van der Waals surface area contributed by atoms with E-state index in [0.717, 1.165) is 15.2 Å². The van der Waals surface area contributed by atoms with Crippen LogP contribution >= 0.6 is 27.5 Å². The Kier molecular flexibility index (Phi) is 4.54. The SMILES string of the molecule is Cc1ccc(C(C)Nc2cccc(Cl)c2Br)cc1C. The number of anilines is 1. The molecule has 0 radical (unpaired) electrons. The van der Waals surface area contributed by atoms with E-state index in [1.54, 1.807) is 0 Å². The van der Waals surface area contributed by atoms with E-state index in [1.807, 2.05) is 18.2 Å². The second kappa shape index (κ2) is 5.98. The van der Waals surface area contributed by atoms with Gasteiger partial charge in [0.1, 0.15) is 0 Å². The molecule has 3 heteroatoms. The molecule has 2 aromatic rings. The molecule has 19 heavy (non-hydrogen) atoms. The fourth-order valence-corrected chi connectivity index (χ4v) is 2.52. The summed E-state index contributed by atoms with van der Waals surface area (Å²) in [6, 6.07) is 12.6. The predicted octanol–water partition coefficient (Wildman–Crippen LogP) is 5.89. The predicted molar refractivity (Wildman–Crippen MR) is 87.1 cm³/mol. The molecule has 0 saturated heterocycles. The molecule has 0 bridgehead atoms. The van der Waals surface area contributed by atoms with Crippen molar-refractivity contribution in [2.45, 2.75) is 26.8 Å². The summed E-state index contributed by atoms with van der Waals surface area (Å²) in [5.41, 5.74) is 4.92. The van der Waals surface area contributed by atoms with Gasteiger partial charge < -0.3 is 5.32 Å². The van der Waals surface area contributed by atoms with Crippen molar-refractivity contribution in [3.63, 3.8) is 0 Å². The largest absolute Gasteiger partial charge is 0.378 e. The molecular formula is C16H17BrClN. The van der Waals surface area contributed by atoms with Gasteiger partial charge in [0.2, 0.25) is 0 Å². The quantitative estimate of drug-likeness (QED) is 0.735. The molecule has 1 unspecified atom stereocenters. The zero-order chi connectivity index (χ0) is 14.0. The smallest absolute Gasteiger partial charge is 0.0593 e. The number of hydrogen-bond donors (Lipinski definition) is 1. The van der Waals surface area contributed by atoms with Crippen LogP contribution in [-0.4, -0.2) is 0 Å². The van der Waals surface area contributed by atoms with E-state index in [2.05, 4.69) is 60.2 Å². The van der Waals surface area contributed by atoms with E-state index in [4.69, 9.17) is 11.6 Å². The summed E-state index contributed by atoms with van der Waals surface area (Å²) in [6.07, 6.45) is 0. The molecule has 0 aliphatic carbocycles. The summed E-state index contributed by atoms with van der Waals surface area (Å²) in [4.78, 5) is 0. The average molecular weight is 339 g/mol. The van der Waals surface area contributed by atoms with Gasteiger partial charge in [-0.05, 0) is 65.5 Å². The minimum absolute atomic E-state index is 0.231. The van der Waals surface area contributed by atoms with E-state index in [-0.39, 0.29) is 6.04 Å². The van der Waals surface area contributed by atoms with Gasteiger partial charge >= 0.3 is 0 Å². The van der Waals surface area contributed by atoms with Gasteiger partial charge in [0.05, 0.1) is 15.2 Å². The molecule has 0 fully saturated rings. The van der Waals surface area contributed by atoms with Crippen molar-refractivity contribution in [2.75, 3.05) is 5.32 Å². The first-order chi connectivity index (χ1) is 8.99. The number of hydrogen-bond acceptors (Lipinski definition) is 1. The third-order valence-corrected chi connectivity index (χ3v) is 4.75. The fourth-order valence-electron chi connectivity index (χ4n) is 1.97. The summed E-state index contributed by atoms with van der Waals surface area (Å²) < 4.78 is 0.910. The number of nitrogens with one attached hydrogen (secondary N) is 1. The minimum Gasteiger partial charge on any atom is -0.378 e. The molecule has 0 spiro atoms. The number of benzene rings is 2. The summed E-state index contributed by atoms with van der Waals surface area (Å²) >= 11 is 9.62. The Morgan fingerprint density at radius 1 is 1.11 bits per heavy atom. The van der Waals surface area contributed by atoms with Crippen molar-refractivity contribution in [1.29, 1.82) is 0 Å². The zero-order valence-corrected chi connectivity index (χ0v) is 13.6. The van der Waals surface area contributed by atoms with E-state index in [0.29, 0.717) is 0 Å². The number of rotatable bonds is 3. The normalized spacial score (nSPS) is 12.3. The van der Waals surface area contributed by atoms with Gasteiger partial charge in [0, 0.05) is 6.04 Å². The van der Waals surface area contributed by atoms with Gasteiger partial charge in [-0.3, -0.25) is 0 Å². The van der Waals surface area contributed by atoms with Crippen molar-refractivity contribution < 1.29 is 0 Å². The Bertz CT molecular complexity index is 595. The van der Waals surface area contributed by atoms with Gasteiger partial charge in [-0.25, -0.2) is 0 Å². The first-order valence-electron chi connectivity index (χ1n) is 6.26. The Morgan fingerprint density at radius 3 is 2.53 bits per heavy atom. The van der Waals surface area contributed by atoms with Gasteiger partial charge in [-0.2, -0.15) is 0 Å². The van der Waals surface area contributed by atoms with Gasteiger partial charge in [-0.15, -0.1) is 0 Å². The van der Waals surface area contributed by atoms with Crippen LogP contribution in [0.5, 0.6) is 0 Å². The van der Waals surface area contributed by atoms with Crippen LogP contribution in [0.1, 0.15) is 29.7 Å². The molecule has 0 aromatic heterocycles. The topological polar surface area (TPSA) is 12.0 Å². The van der Waals surface area contributed by atoms with Crippen molar-refractivity contribution in [2.24, 2.45) is 0 Å². The van der Waals surface area contributed by atoms with Crippen LogP contribution in [0.25, 0.3) is 0 Å². The maximum Gasteiger partial charge on any atom is 0.0593 e. The van der Waals surface area contributed by atoms with Crippen LogP contribution in [0.15, 0.2) is 40.9 Å². The minimum atomic E-state index is 0.231. The second-order valence-corrected chi connectivity index (χ2v) is 6.01. The molecule has 0 aliphatic heterocycles. The molecule has 2 rings (SSSR count). The highest BCUT2D eigenvalue weighted by atomic mass is 79.9. The van der Waals surface area contributed by atoms with Gasteiger partial charge in [0.15, 0.2) is 0 Å². The highest BCUT2D eigenvalue weighted by Crippen LogP contribution is 2.32. The fraction of sp³-hybridized carbons (Fsp3) is 0.250. The van der Waals surface area contributed by atoms with E-state index in [9.17, 15) is 0 Å². The number of halogens is 2. The van der Waals surface area contributed by atoms with Crippen LogP contribution in [0.3, 0.4) is 0 Å². The molecule has 2 aromatic carbocycles. The first-order valence-corrected chi connectivity index (χ1v) is 7.44. The molecule has 1 N–H and O–H groups in total. The summed E-state index contributed by atoms with van der Waals surface area (Å²) in [5, 5.41) is 4.20. The maximum absolute atomic E-state index is 6.10. The van der Waals surface area contributed by atoms with Gasteiger partial charge in [0.25, 0.3) is 0 Å². The second-order valence-electron chi connectivity index (χ2n) is 4.81. The van der Waals surface area contributed by atoms with Crippen LogP contribution in [0.4, 0.5) is 5.69 Å². The summed E-state index contributed by atoms with van der Waals surface area (Å²) in [6.45, 7) is 6.42. The first kappa shape index (κ1) is 14.4. The molecule has 1 nitrogen and oxygen atoms in total. The number of aryl methyl sites for hydroxylation is 2. The lowest BCUT2D eigenvalue weighted by atomic mass is 10.0. The van der Waals surface area contributed by atoms with Crippen LogP contribution < -0.4 is 5.32 Å². The van der Waals surface area contributed by atoms with E-state index < -0.39 is 0 Å². The van der Waals surface area contributed by atoms with Crippen molar-refractivity contribution in [3.05, 3.63) is 62.6 Å². The third kappa shape index (κ3) is 3.31. The average Bonchev–Trinajstić information content (AvgIpc) is 2.38. The lowest BCUT2D eigenvalue weighted by Crippen LogP contribution is -2.07. The third-order valence-electron chi connectivity index (χ3n) is 3.35. The van der Waals surface area contributed by atoms with Crippen molar-refractivity contribution in [3.8, 4) is 0 Å². The molecule has 0 aliphatic rings. The Balaban J connectivity index is 2.23. The summed E-state index contributed by atoms with van der Waals surface area (Å²) in [5.74, 6) is 0. The molecule has 1 atom stereocenters. The molecule has 0 saturated carbocycles. The molecule has 100 valence electrons. The molecule has 0 heterocycles. The Labute approximate surface area is 128 Å². The standard InChI is InChI=1S/C16H17BrClN/c1-10-7-8-13(9-11(10)2)12(3)19-15-6-4-5-14(18)16(15)17/h4-9,12,19H,1-3H3. The lowest BCUT2D eigenvalue weighted by Gasteiger charge is -2.18. The van der Waals surface area contributed by atoms with Crippen molar-refractivity contribution >= 4 is 33.2 Å². The van der Waals surface area contributed by atoms with E-state index >= 15 is 0 Å². The highest BCUT2D eigenvalue weighted by Gasteiger charge is 2.09. The lowest BCUT2D eigenvalue weighted by molar-refractivity contribution is 0.880. The Hall–Kier alpha value is -0.990. The van der Waals surface area contributed by atoms with Crippen LogP contribution in [0, 0.1) is 13.8 Å². The molecule has 0 amide bonds. The molecular weight excluding hydrogens is 322 g/mol. The highest BCUT2D eigenvalue weighted by molar-refractivity contribution is 9.10. The monoisotopic (exact) mass is 337 g/mol. The van der Waals surface area contributed by atoms with Crippen molar-refractivity contribution in [1.82, 2.24) is 0 Å². The van der Waals surface area contributed by atoms with E-state index in [1.165, 1.54) is 16.7 Å². The zero-order valence-electron chi connectivity index (χ0n) is 11.3. The van der Waals surface area contributed by atoms with Gasteiger partial charge in [-0.1, -0.05) is 35.9 Å². The van der Waals surface area contributed by atoms with Crippen LogP contribution in [-0.2, 0) is 0 Å². The summed E-state index contributed by atoms with van der Waals surface area (Å²) in [7, 11) is 0. The Morgan fingerprint density at radius 2 is 1.84 bits per heavy atom. The van der Waals surface area contributed by atoms with Crippen LogP contribution in [0.2, 0.25) is 5.02 Å². The maximum atomic E-state index is 6.10.